The summed E-state index contributed by atoms with van der Waals surface area (Å²) in [6.45, 7) is 0. The Kier molecular flexibility index (Phi) is 6.56. The first-order chi connectivity index (χ1) is 29.2. The topological polar surface area (TPSA) is 31.3 Å². The summed E-state index contributed by atoms with van der Waals surface area (Å²) in [5.41, 5.74) is 13.4. The van der Waals surface area contributed by atoms with Crippen molar-refractivity contribution >= 4 is 81.6 Å². The maximum Gasteiger partial charge on any atom is 0.263 e. The third kappa shape index (κ3) is 4.51. The molecule has 0 aliphatic carbocycles. The normalized spacial score (nSPS) is 12.1. The fourth-order valence-corrected chi connectivity index (χ4v) is 9.96. The molecule has 13 rings (SSSR count). The van der Waals surface area contributed by atoms with E-state index in [0.29, 0.717) is 0 Å². The molecule has 274 valence electrons. The highest BCUT2D eigenvalue weighted by atomic mass is 16.1. The molecular weight excluding hydrogens is 719 g/mol. The van der Waals surface area contributed by atoms with Gasteiger partial charge in [-0.3, -0.25) is 9.20 Å². The maximum absolute atomic E-state index is 14.1. The van der Waals surface area contributed by atoms with Crippen molar-refractivity contribution in [2.24, 2.45) is 0 Å². The van der Waals surface area contributed by atoms with Crippen LogP contribution in [0.5, 0.6) is 0 Å². The second-order valence-corrected chi connectivity index (χ2v) is 15.7. The van der Waals surface area contributed by atoms with E-state index in [1.807, 2.05) is 22.6 Å². The standard InChI is InChI=1S/C55H33N3O/c59-55-46-19-5-4-16-40(46)44-20-11-21-45-43-27-24-37(33-53(43)58(55)54(44)45)34-12-10-15-39(30-34)57-50-23-9-7-18-42(50)48-32-36(26-29-52(48)57)35-25-28-51-47(31-35)41-17-6-8-22-49(41)56(51)38-13-2-1-3-14-38/h1-33H. The molecule has 9 aromatic carbocycles. The molecule has 0 unspecified atom stereocenters. The molecule has 0 aliphatic heterocycles. The molecule has 0 amide bonds. The molecular formula is C55H33N3O. The van der Waals surface area contributed by atoms with Gasteiger partial charge in [-0.15, -0.1) is 0 Å². The molecule has 0 spiro atoms. The first-order valence-corrected chi connectivity index (χ1v) is 20.1. The number of hydrogen-bond donors (Lipinski definition) is 0. The van der Waals surface area contributed by atoms with Crippen LogP contribution >= 0.6 is 0 Å². The lowest BCUT2D eigenvalue weighted by molar-refractivity contribution is 1.18. The van der Waals surface area contributed by atoms with Crippen molar-refractivity contribution in [2.75, 3.05) is 0 Å². The monoisotopic (exact) mass is 751 g/mol. The Morgan fingerprint density at radius 2 is 0.729 bits per heavy atom. The summed E-state index contributed by atoms with van der Waals surface area (Å²) < 4.78 is 6.68. The molecule has 4 aromatic heterocycles. The lowest BCUT2D eigenvalue weighted by atomic mass is 10.0. The first-order valence-electron chi connectivity index (χ1n) is 20.1. The zero-order valence-corrected chi connectivity index (χ0v) is 31.8. The Labute approximate surface area is 338 Å². The lowest BCUT2D eigenvalue weighted by Gasteiger charge is -2.11. The number of pyridine rings is 1. The van der Waals surface area contributed by atoms with E-state index >= 15 is 0 Å². The summed E-state index contributed by atoms with van der Waals surface area (Å²) >= 11 is 0. The van der Waals surface area contributed by atoms with Gasteiger partial charge in [0.2, 0.25) is 0 Å². The molecule has 4 heterocycles. The van der Waals surface area contributed by atoms with E-state index in [0.717, 1.165) is 71.5 Å². The Balaban J connectivity index is 0.958. The zero-order valence-electron chi connectivity index (χ0n) is 31.8. The zero-order chi connectivity index (χ0) is 38.8. The first kappa shape index (κ1) is 32.2. The highest BCUT2D eigenvalue weighted by molar-refractivity contribution is 6.20. The van der Waals surface area contributed by atoms with E-state index in [1.165, 1.54) is 43.7 Å². The fourth-order valence-electron chi connectivity index (χ4n) is 9.96. The van der Waals surface area contributed by atoms with Crippen molar-refractivity contribution < 1.29 is 0 Å². The summed E-state index contributed by atoms with van der Waals surface area (Å²) in [4.78, 5) is 14.1. The molecule has 0 saturated heterocycles. The number of nitrogens with zero attached hydrogens (tertiary/aromatic N) is 3. The number of benzene rings is 9. The van der Waals surface area contributed by atoms with Crippen LogP contribution in [0.2, 0.25) is 0 Å². The van der Waals surface area contributed by atoms with Gasteiger partial charge < -0.3 is 9.13 Å². The van der Waals surface area contributed by atoms with Crippen molar-refractivity contribution in [3.8, 4) is 33.6 Å². The van der Waals surface area contributed by atoms with E-state index in [4.69, 9.17) is 0 Å². The van der Waals surface area contributed by atoms with Crippen molar-refractivity contribution in [1.29, 1.82) is 0 Å². The molecule has 4 nitrogen and oxygen atoms in total. The van der Waals surface area contributed by atoms with Gasteiger partial charge in [0.15, 0.2) is 0 Å². The Hall–Kier alpha value is -7.95. The van der Waals surface area contributed by atoms with Gasteiger partial charge in [0.25, 0.3) is 5.56 Å². The van der Waals surface area contributed by atoms with Crippen LogP contribution in [-0.4, -0.2) is 13.5 Å². The predicted octanol–water partition coefficient (Wildman–Crippen LogP) is 13.7. The fraction of sp³-hybridized carbons (Fsp3) is 0. The van der Waals surface area contributed by atoms with E-state index in [9.17, 15) is 4.79 Å². The van der Waals surface area contributed by atoms with Gasteiger partial charge >= 0.3 is 0 Å². The molecule has 0 aliphatic rings. The average molecular weight is 752 g/mol. The van der Waals surface area contributed by atoms with Gasteiger partial charge in [0.1, 0.15) is 0 Å². The Morgan fingerprint density at radius 1 is 0.271 bits per heavy atom. The number of hydrogen-bond acceptors (Lipinski definition) is 1. The second kappa shape index (κ2) is 12.0. The maximum atomic E-state index is 14.1. The van der Waals surface area contributed by atoms with E-state index < -0.39 is 0 Å². The van der Waals surface area contributed by atoms with Gasteiger partial charge in [-0.2, -0.15) is 0 Å². The molecule has 0 radical (unpaired) electrons. The average Bonchev–Trinajstić information content (AvgIpc) is 3.94. The number of para-hydroxylation sites is 4. The van der Waals surface area contributed by atoms with Crippen LogP contribution in [0.3, 0.4) is 0 Å². The van der Waals surface area contributed by atoms with Crippen molar-refractivity contribution in [3.05, 3.63) is 211 Å². The molecule has 0 bridgehead atoms. The van der Waals surface area contributed by atoms with Crippen LogP contribution in [0.15, 0.2) is 205 Å². The van der Waals surface area contributed by atoms with Crippen molar-refractivity contribution in [3.63, 3.8) is 0 Å². The number of aromatic nitrogens is 3. The molecule has 59 heavy (non-hydrogen) atoms. The third-order valence-electron chi connectivity index (χ3n) is 12.6. The quantitative estimate of drug-likeness (QED) is 0.165. The third-order valence-corrected chi connectivity index (χ3v) is 12.6. The van der Waals surface area contributed by atoms with E-state index in [-0.39, 0.29) is 5.56 Å². The summed E-state index contributed by atoms with van der Waals surface area (Å²) in [6.07, 6.45) is 0. The molecule has 0 fully saturated rings. The second-order valence-electron chi connectivity index (χ2n) is 15.7. The predicted molar refractivity (Wildman–Crippen MR) is 247 cm³/mol. The highest BCUT2D eigenvalue weighted by Gasteiger charge is 2.19. The summed E-state index contributed by atoms with van der Waals surface area (Å²) in [5, 5.41) is 9.94. The van der Waals surface area contributed by atoms with Gasteiger partial charge in [-0.05, 0) is 100 Å². The van der Waals surface area contributed by atoms with Gasteiger partial charge in [-0.1, -0.05) is 127 Å². The van der Waals surface area contributed by atoms with Crippen LogP contribution in [0.1, 0.15) is 0 Å². The summed E-state index contributed by atoms with van der Waals surface area (Å²) in [7, 11) is 0. The summed E-state index contributed by atoms with van der Waals surface area (Å²) in [5.74, 6) is 0. The van der Waals surface area contributed by atoms with Gasteiger partial charge in [-0.25, -0.2) is 0 Å². The van der Waals surface area contributed by atoms with Gasteiger partial charge in [0, 0.05) is 54.5 Å². The van der Waals surface area contributed by atoms with Crippen molar-refractivity contribution in [2.45, 2.75) is 0 Å². The van der Waals surface area contributed by atoms with E-state index in [1.54, 1.807) is 0 Å². The largest absolute Gasteiger partial charge is 0.309 e. The minimum absolute atomic E-state index is 0.0220. The van der Waals surface area contributed by atoms with Gasteiger partial charge in [0.05, 0.1) is 33.1 Å². The Bertz CT molecular complexity index is 3920. The van der Waals surface area contributed by atoms with Crippen LogP contribution in [0.25, 0.3) is 115 Å². The lowest BCUT2D eigenvalue weighted by Crippen LogP contribution is -2.12. The molecule has 13 aromatic rings. The van der Waals surface area contributed by atoms with Crippen LogP contribution in [0.4, 0.5) is 0 Å². The number of rotatable bonds is 4. The van der Waals surface area contributed by atoms with Crippen molar-refractivity contribution in [1.82, 2.24) is 13.5 Å². The smallest absolute Gasteiger partial charge is 0.263 e. The molecule has 0 N–H and O–H groups in total. The van der Waals surface area contributed by atoms with Crippen LogP contribution in [0, 0.1) is 0 Å². The molecule has 0 atom stereocenters. The minimum atomic E-state index is 0.0220. The summed E-state index contributed by atoms with van der Waals surface area (Å²) in [6, 6.07) is 71.5. The molecule has 0 saturated carbocycles. The van der Waals surface area contributed by atoms with E-state index in [2.05, 4.69) is 191 Å². The minimum Gasteiger partial charge on any atom is -0.309 e. The SMILES string of the molecule is O=c1c2ccccc2c2cccc3c4ccc(-c5cccc(-n6c7ccccc7c7cc(-c8ccc9c(c8)c8ccccc8n9-c8ccccc8)ccc76)c5)cc4n1c23. The highest BCUT2D eigenvalue weighted by Crippen LogP contribution is 2.40. The number of fused-ring (bicyclic) bond motifs is 11. The van der Waals surface area contributed by atoms with Crippen LogP contribution in [-0.2, 0) is 0 Å². The molecule has 4 heteroatoms. The Morgan fingerprint density at radius 3 is 1.42 bits per heavy atom. The van der Waals surface area contributed by atoms with Crippen LogP contribution < -0.4 is 5.56 Å².